The molecule has 0 N–H and O–H groups in total. The average Bonchev–Trinajstić information content (AvgIpc) is 2.73. The molecule has 132 valence electrons. The van der Waals surface area contributed by atoms with E-state index < -0.39 is 0 Å². The molecule has 0 aliphatic heterocycles. The highest BCUT2D eigenvalue weighted by molar-refractivity contribution is 7.99. The van der Waals surface area contributed by atoms with Crippen molar-refractivity contribution in [2.75, 3.05) is 0 Å². The lowest BCUT2D eigenvalue weighted by Crippen LogP contribution is -2.04. The van der Waals surface area contributed by atoms with E-state index in [1.165, 1.54) is 24.5 Å². The van der Waals surface area contributed by atoms with E-state index >= 15 is 0 Å². The molecule has 3 heteroatoms. The lowest BCUT2D eigenvalue weighted by Gasteiger charge is -2.08. The minimum atomic E-state index is -0.0882. The number of hydrogen-bond donors (Lipinski definition) is 0. The molecule has 0 atom stereocenters. The maximum Gasteiger partial charge on any atom is 0.166 e. The zero-order chi connectivity index (χ0) is 18.5. The zero-order valence-corrected chi connectivity index (χ0v) is 17.3. The smallest absolute Gasteiger partial charge is 0.0901 e. The summed E-state index contributed by atoms with van der Waals surface area (Å²) in [5, 5.41) is 0. The molecular formula is C24H20S3+2. The predicted octanol–water partition coefficient (Wildman–Crippen LogP) is 6.30. The molecule has 0 spiro atoms. The Morgan fingerprint density at radius 3 is 1.37 bits per heavy atom. The maximum absolute atomic E-state index is 3.54. The van der Waals surface area contributed by atoms with Crippen LogP contribution < -0.4 is 0 Å². The van der Waals surface area contributed by atoms with E-state index in [-0.39, 0.29) is 10.9 Å². The summed E-state index contributed by atoms with van der Waals surface area (Å²) in [4.78, 5) is 7.63. The third-order valence-electron chi connectivity index (χ3n) is 4.11. The Bertz CT molecular complexity index is 940. The third kappa shape index (κ3) is 4.62. The summed E-state index contributed by atoms with van der Waals surface area (Å²) >= 11 is 5.33. The van der Waals surface area contributed by atoms with Crippen LogP contribution >= 0.6 is 11.8 Å². The molecule has 0 fully saturated rings. The van der Waals surface area contributed by atoms with Crippen molar-refractivity contribution in [2.24, 2.45) is 0 Å². The van der Waals surface area contributed by atoms with E-state index in [1.54, 1.807) is 11.8 Å². The molecule has 0 nitrogen and oxygen atoms in total. The topological polar surface area (TPSA) is 0 Å². The van der Waals surface area contributed by atoms with Crippen LogP contribution in [0.25, 0.3) is 0 Å². The first-order chi connectivity index (χ1) is 13.3. The molecule has 4 aromatic carbocycles. The number of hydrogen-bond acceptors (Lipinski definition) is 1. The largest absolute Gasteiger partial charge is 0.166 e. The lowest BCUT2D eigenvalue weighted by molar-refractivity contribution is 1.28. The van der Waals surface area contributed by atoms with Gasteiger partial charge in [-0.05, 0) is 85.4 Å². The molecular weight excluding hydrogens is 384 g/mol. The van der Waals surface area contributed by atoms with Crippen molar-refractivity contribution in [3.8, 4) is 0 Å². The highest BCUT2D eigenvalue weighted by Gasteiger charge is 2.28. The number of rotatable bonds is 5. The lowest BCUT2D eigenvalue weighted by atomic mass is 10.3. The fraction of sp³-hybridized carbons (Fsp3) is 0. The van der Waals surface area contributed by atoms with Crippen molar-refractivity contribution in [1.29, 1.82) is 0 Å². The van der Waals surface area contributed by atoms with Gasteiger partial charge in [0.1, 0.15) is 4.90 Å². The maximum atomic E-state index is 3.54. The second-order valence-corrected chi connectivity index (χ2v) is 9.78. The zero-order valence-electron chi connectivity index (χ0n) is 14.7. The van der Waals surface area contributed by atoms with E-state index in [9.17, 15) is 0 Å². The van der Waals surface area contributed by atoms with Crippen LogP contribution in [0.3, 0.4) is 0 Å². The van der Waals surface area contributed by atoms with Crippen molar-refractivity contribution < 1.29 is 0 Å². The molecule has 0 radical (unpaired) electrons. The minimum absolute atomic E-state index is 0.0882. The van der Waals surface area contributed by atoms with E-state index in [2.05, 4.69) is 122 Å². The summed E-state index contributed by atoms with van der Waals surface area (Å²) in [6.07, 6.45) is 0. The molecule has 0 heterocycles. The van der Waals surface area contributed by atoms with Gasteiger partial charge in [0.2, 0.25) is 0 Å². The van der Waals surface area contributed by atoms with Gasteiger partial charge in [0.25, 0.3) is 0 Å². The summed E-state index contributed by atoms with van der Waals surface area (Å²) in [5.41, 5.74) is 0. The van der Waals surface area contributed by atoms with Gasteiger partial charge in [-0.3, -0.25) is 0 Å². The van der Waals surface area contributed by atoms with Gasteiger partial charge in [0.15, 0.2) is 14.7 Å². The molecule has 0 aromatic heterocycles. The molecule has 27 heavy (non-hydrogen) atoms. The highest BCUT2D eigenvalue weighted by Crippen LogP contribution is 2.33. The van der Waals surface area contributed by atoms with Crippen molar-refractivity contribution >= 4 is 35.3 Å². The standard InChI is InChI=1S/C24H18S3/c25-19-11-13-20(14-12-19)26-21-15-17-24(18-16-21)27(22-7-3-1-4-8-22)23-9-5-2-6-10-23/h1-18H/p+2. The van der Waals surface area contributed by atoms with Gasteiger partial charge in [-0.25, -0.2) is 0 Å². The molecule has 4 aromatic rings. The van der Waals surface area contributed by atoms with Crippen LogP contribution in [0.1, 0.15) is 0 Å². The van der Waals surface area contributed by atoms with Gasteiger partial charge >= 0.3 is 0 Å². The molecule has 4 rings (SSSR count). The Morgan fingerprint density at radius 1 is 0.481 bits per heavy atom. The summed E-state index contributed by atoms with van der Waals surface area (Å²) in [7, 11) is -0.0882. The van der Waals surface area contributed by atoms with E-state index in [0.717, 1.165) is 4.90 Å². The van der Waals surface area contributed by atoms with Gasteiger partial charge < -0.3 is 0 Å². The Labute approximate surface area is 173 Å². The monoisotopic (exact) mass is 404 g/mol. The van der Waals surface area contributed by atoms with Crippen LogP contribution in [-0.2, 0) is 23.5 Å². The summed E-state index contributed by atoms with van der Waals surface area (Å²) in [6, 6.07) is 39.0. The van der Waals surface area contributed by atoms with Gasteiger partial charge in [-0.2, -0.15) is 0 Å². The average molecular weight is 405 g/mol. The van der Waals surface area contributed by atoms with E-state index in [0.29, 0.717) is 0 Å². The third-order valence-corrected chi connectivity index (χ3v) is 7.69. The van der Waals surface area contributed by atoms with Crippen molar-refractivity contribution in [3.05, 3.63) is 109 Å². The molecule has 0 saturated carbocycles. The normalized spacial score (nSPS) is 10.9. The Morgan fingerprint density at radius 2 is 0.889 bits per heavy atom. The molecule has 0 saturated heterocycles. The minimum Gasteiger partial charge on any atom is -0.0901 e. The number of benzene rings is 4. The predicted molar refractivity (Wildman–Crippen MR) is 120 cm³/mol. The SMILES string of the molecule is [SH2+]c1ccc(Sc2ccc([S+](c3ccccc3)c3ccccc3)cc2)cc1. The second kappa shape index (κ2) is 8.75. The molecule has 0 aliphatic carbocycles. The van der Waals surface area contributed by atoms with Gasteiger partial charge in [-0.1, -0.05) is 48.2 Å². The fourth-order valence-corrected chi connectivity index (χ4v) is 5.89. The van der Waals surface area contributed by atoms with Crippen LogP contribution in [0.4, 0.5) is 0 Å². The molecule has 0 unspecified atom stereocenters. The fourth-order valence-electron chi connectivity index (χ4n) is 2.82. The highest BCUT2D eigenvalue weighted by atomic mass is 32.2. The Kier molecular flexibility index (Phi) is 5.93. The summed E-state index contributed by atoms with van der Waals surface area (Å²) in [5.74, 6) is 0. The molecule has 0 bridgehead atoms. The quantitative estimate of drug-likeness (QED) is 0.352. The van der Waals surface area contributed by atoms with Gasteiger partial charge in [0, 0.05) is 9.79 Å². The first kappa shape index (κ1) is 18.3. The van der Waals surface area contributed by atoms with E-state index in [4.69, 9.17) is 0 Å². The van der Waals surface area contributed by atoms with Gasteiger partial charge in [-0.15, -0.1) is 0 Å². The second-order valence-electron chi connectivity index (χ2n) is 6.03. The van der Waals surface area contributed by atoms with Crippen LogP contribution in [-0.4, -0.2) is 0 Å². The van der Waals surface area contributed by atoms with Gasteiger partial charge in [0.05, 0.1) is 10.9 Å². The van der Waals surface area contributed by atoms with Crippen LogP contribution in [0.15, 0.2) is 139 Å². The summed E-state index contributed by atoms with van der Waals surface area (Å²) < 4.78 is 0. The van der Waals surface area contributed by atoms with Crippen LogP contribution in [0.2, 0.25) is 0 Å². The Balaban J connectivity index is 1.64. The Hall–Kier alpha value is -2.07. The van der Waals surface area contributed by atoms with Crippen molar-refractivity contribution in [1.82, 2.24) is 0 Å². The summed E-state index contributed by atoms with van der Waals surface area (Å²) in [6.45, 7) is 0. The van der Waals surface area contributed by atoms with Crippen molar-refractivity contribution in [3.63, 3.8) is 0 Å². The first-order valence-corrected chi connectivity index (χ1v) is 11.3. The molecule has 0 amide bonds. The first-order valence-electron chi connectivity index (χ1n) is 8.73. The van der Waals surface area contributed by atoms with Crippen molar-refractivity contribution in [2.45, 2.75) is 29.4 Å². The van der Waals surface area contributed by atoms with Crippen LogP contribution in [0, 0.1) is 0 Å². The van der Waals surface area contributed by atoms with E-state index in [1.807, 2.05) is 0 Å². The molecule has 0 aliphatic rings. The van der Waals surface area contributed by atoms with Crippen LogP contribution in [0.5, 0.6) is 0 Å².